The summed E-state index contributed by atoms with van der Waals surface area (Å²) in [6.45, 7) is 0. The Kier molecular flexibility index (Phi) is 9.54. The summed E-state index contributed by atoms with van der Waals surface area (Å²) in [5.41, 5.74) is 16.5. The van der Waals surface area contributed by atoms with Crippen molar-refractivity contribution in [3.05, 3.63) is 267 Å². The first kappa shape index (κ1) is 39.4. The molecule has 0 aliphatic carbocycles. The number of hydrogen-bond donors (Lipinski definition) is 0. The maximum atomic E-state index is 2.43. The Morgan fingerprint density at radius 1 is 0.279 bits per heavy atom. The van der Waals surface area contributed by atoms with Crippen molar-refractivity contribution in [3.63, 3.8) is 0 Å². The Morgan fingerprint density at radius 3 is 1.59 bits per heavy atom. The van der Waals surface area contributed by atoms with Gasteiger partial charge in [-0.25, -0.2) is 0 Å². The Labute approximate surface area is 395 Å². The summed E-state index contributed by atoms with van der Waals surface area (Å²) in [5, 5.41) is 9.89. The van der Waals surface area contributed by atoms with Crippen LogP contribution in [0.15, 0.2) is 267 Å². The molecule has 0 bridgehead atoms. The number of nitrogens with zero attached hydrogens (tertiary/aromatic N) is 2. The lowest BCUT2D eigenvalue weighted by Gasteiger charge is -2.27. The normalized spacial score (nSPS) is 11.5. The summed E-state index contributed by atoms with van der Waals surface area (Å²) in [6.07, 6.45) is 0. The second-order valence-electron chi connectivity index (χ2n) is 17.6. The molecule has 0 spiro atoms. The predicted octanol–water partition coefficient (Wildman–Crippen LogP) is 18.4. The fourth-order valence-electron chi connectivity index (χ4n) is 10.7. The lowest BCUT2D eigenvalue weighted by atomic mass is 9.84. The van der Waals surface area contributed by atoms with Crippen LogP contribution in [-0.2, 0) is 0 Å². The molecule has 1 heterocycles. The number of anilines is 3. The van der Waals surface area contributed by atoms with E-state index in [0.717, 1.165) is 33.9 Å². The monoisotopic (exact) mass is 864 g/mol. The van der Waals surface area contributed by atoms with Crippen molar-refractivity contribution >= 4 is 71.2 Å². The Hall–Kier alpha value is -8.98. The fourth-order valence-corrected chi connectivity index (χ4v) is 10.7. The Morgan fingerprint density at radius 2 is 0.824 bits per heavy atom. The molecular weight excluding hydrogens is 821 g/mol. The van der Waals surface area contributed by atoms with E-state index in [1.807, 2.05) is 0 Å². The maximum absolute atomic E-state index is 2.43. The van der Waals surface area contributed by atoms with E-state index in [-0.39, 0.29) is 0 Å². The maximum Gasteiger partial charge on any atom is 0.0619 e. The van der Waals surface area contributed by atoms with Gasteiger partial charge in [-0.1, -0.05) is 212 Å². The minimum Gasteiger partial charge on any atom is -0.310 e. The van der Waals surface area contributed by atoms with E-state index in [2.05, 4.69) is 276 Å². The summed E-state index contributed by atoms with van der Waals surface area (Å²) in [5.74, 6) is 0. The average Bonchev–Trinajstić information content (AvgIpc) is 3.76. The van der Waals surface area contributed by atoms with Gasteiger partial charge < -0.3 is 9.47 Å². The summed E-state index contributed by atoms with van der Waals surface area (Å²) in [7, 11) is 0. The van der Waals surface area contributed by atoms with E-state index >= 15 is 0 Å². The first-order valence-corrected chi connectivity index (χ1v) is 23.4. The van der Waals surface area contributed by atoms with Crippen LogP contribution in [0.1, 0.15) is 0 Å². The summed E-state index contributed by atoms with van der Waals surface area (Å²) in [4.78, 5) is 2.43. The second kappa shape index (κ2) is 16.5. The van der Waals surface area contributed by atoms with Gasteiger partial charge in [0.1, 0.15) is 0 Å². The van der Waals surface area contributed by atoms with E-state index in [9.17, 15) is 0 Å². The number of fused-ring (bicyclic) bond motifs is 7. The van der Waals surface area contributed by atoms with Gasteiger partial charge in [-0.3, -0.25) is 0 Å². The standard InChI is InChI=1S/C66H44N2/c1-4-20-47(21-5-1)64-59-32-13-12-30-56(59)57-42-39-49(44-61(57)65(64)48-22-6-2-7-23-48)45-37-40-52(41-38-45)67(62-36-17-24-46-19-10-11-29-54(46)62)53-28-16-25-50(43-53)55-33-18-34-60-58-31-14-15-35-63(58)68(66(55)60)51-26-8-3-9-27-51/h1-44H. The molecule has 2 nitrogen and oxygen atoms in total. The molecule has 0 amide bonds. The molecule has 0 fully saturated rings. The van der Waals surface area contributed by atoms with E-state index < -0.39 is 0 Å². The van der Waals surface area contributed by atoms with Crippen LogP contribution in [-0.4, -0.2) is 4.57 Å². The minimum absolute atomic E-state index is 1.09. The lowest BCUT2D eigenvalue weighted by Crippen LogP contribution is -2.10. The Bertz CT molecular complexity index is 4000. The van der Waals surface area contributed by atoms with Gasteiger partial charge >= 0.3 is 0 Å². The molecule has 0 aliphatic rings. The summed E-state index contributed by atoms with van der Waals surface area (Å²) in [6, 6.07) is 97.5. The smallest absolute Gasteiger partial charge is 0.0619 e. The van der Waals surface area contributed by atoms with Gasteiger partial charge in [0.2, 0.25) is 0 Å². The molecule has 68 heavy (non-hydrogen) atoms. The summed E-state index contributed by atoms with van der Waals surface area (Å²) < 4.78 is 2.43. The van der Waals surface area contributed by atoms with Crippen LogP contribution >= 0.6 is 0 Å². The van der Waals surface area contributed by atoms with Gasteiger partial charge in [0.15, 0.2) is 0 Å². The van der Waals surface area contributed by atoms with Crippen molar-refractivity contribution in [2.75, 3.05) is 4.90 Å². The van der Waals surface area contributed by atoms with Crippen LogP contribution in [0, 0.1) is 0 Å². The zero-order valence-corrected chi connectivity index (χ0v) is 37.3. The van der Waals surface area contributed by atoms with Crippen LogP contribution in [0.5, 0.6) is 0 Å². The SMILES string of the molecule is c1ccc(-c2c(-c3ccccc3)c3cc(-c4ccc(N(c5cccc(-c6cccc7c8ccccc8n(-c8ccccc8)c67)c5)c5cccc6ccccc56)cc4)ccc3c3ccccc23)cc1. The largest absolute Gasteiger partial charge is 0.310 e. The molecule has 0 unspecified atom stereocenters. The van der Waals surface area contributed by atoms with Crippen molar-refractivity contribution in [1.82, 2.24) is 4.57 Å². The highest BCUT2D eigenvalue weighted by Gasteiger charge is 2.21. The Balaban J connectivity index is 0.978. The first-order chi connectivity index (χ1) is 33.8. The van der Waals surface area contributed by atoms with Gasteiger partial charge in [-0.05, 0) is 120 Å². The summed E-state index contributed by atoms with van der Waals surface area (Å²) >= 11 is 0. The molecule has 0 radical (unpaired) electrons. The third kappa shape index (κ3) is 6.57. The fraction of sp³-hybridized carbons (Fsp3) is 0. The van der Waals surface area contributed by atoms with Crippen LogP contribution in [0.3, 0.4) is 0 Å². The van der Waals surface area contributed by atoms with Gasteiger partial charge in [0.25, 0.3) is 0 Å². The van der Waals surface area contributed by atoms with Crippen molar-refractivity contribution in [2.45, 2.75) is 0 Å². The highest BCUT2D eigenvalue weighted by Crippen LogP contribution is 2.47. The van der Waals surface area contributed by atoms with Crippen LogP contribution in [0.25, 0.3) is 104 Å². The van der Waals surface area contributed by atoms with Gasteiger partial charge in [-0.15, -0.1) is 0 Å². The molecule has 0 saturated heterocycles. The van der Waals surface area contributed by atoms with Crippen molar-refractivity contribution in [1.29, 1.82) is 0 Å². The molecule has 2 heteroatoms. The number of benzene rings is 12. The molecule has 13 aromatic rings. The van der Waals surface area contributed by atoms with Crippen LogP contribution in [0.2, 0.25) is 0 Å². The van der Waals surface area contributed by atoms with Gasteiger partial charge in [0, 0.05) is 38.8 Å². The number of aromatic nitrogens is 1. The second-order valence-corrected chi connectivity index (χ2v) is 17.6. The van der Waals surface area contributed by atoms with E-state index in [1.165, 1.54) is 87.5 Å². The third-order valence-corrected chi connectivity index (χ3v) is 13.7. The van der Waals surface area contributed by atoms with Crippen molar-refractivity contribution < 1.29 is 0 Å². The first-order valence-electron chi connectivity index (χ1n) is 23.4. The van der Waals surface area contributed by atoms with E-state index in [4.69, 9.17) is 0 Å². The molecule has 1 aromatic heterocycles. The number of para-hydroxylation sites is 3. The van der Waals surface area contributed by atoms with Crippen molar-refractivity contribution in [3.8, 4) is 50.2 Å². The molecule has 0 atom stereocenters. The van der Waals surface area contributed by atoms with Gasteiger partial charge in [0.05, 0.1) is 16.7 Å². The predicted molar refractivity (Wildman–Crippen MR) is 290 cm³/mol. The molecular formula is C66H44N2. The lowest BCUT2D eigenvalue weighted by molar-refractivity contribution is 1.18. The zero-order chi connectivity index (χ0) is 45.0. The molecule has 12 aromatic carbocycles. The third-order valence-electron chi connectivity index (χ3n) is 13.7. The highest BCUT2D eigenvalue weighted by atomic mass is 15.1. The quantitative estimate of drug-likeness (QED) is 0.138. The molecule has 0 N–H and O–H groups in total. The molecule has 13 rings (SSSR count). The topological polar surface area (TPSA) is 8.17 Å². The minimum atomic E-state index is 1.09. The van der Waals surface area contributed by atoms with Gasteiger partial charge in [-0.2, -0.15) is 0 Å². The molecule has 318 valence electrons. The van der Waals surface area contributed by atoms with Crippen molar-refractivity contribution in [2.24, 2.45) is 0 Å². The zero-order valence-electron chi connectivity index (χ0n) is 37.3. The number of rotatable bonds is 8. The van der Waals surface area contributed by atoms with Crippen LogP contribution < -0.4 is 4.90 Å². The van der Waals surface area contributed by atoms with Crippen LogP contribution in [0.4, 0.5) is 17.1 Å². The highest BCUT2D eigenvalue weighted by molar-refractivity contribution is 6.22. The molecule has 0 aliphatic heterocycles. The molecule has 0 saturated carbocycles. The average molecular weight is 865 g/mol. The number of hydrogen-bond acceptors (Lipinski definition) is 1. The van der Waals surface area contributed by atoms with E-state index in [1.54, 1.807) is 0 Å². The van der Waals surface area contributed by atoms with E-state index in [0.29, 0.717) is 0 Å².